The number of methoxy groups -OCH3 is 1. The minimum absolute atomic E-state index is 0.147. The molecule has 0 spiro atoms. The minimum Gasteiger partial charge on any atom is -0.382 e. The van der Waals surface area contributed by atoms with Gasteiger partial charge in [0.2, 0.25) is 0 Å². The predicted octanol–water partition coefficient (Wildman–Crippen LogP) is 7.68. The van der Waals surface area contributed by atoms with Gasteiger partial charge in [-0.05, 0) is 32.1 Å². The van der Waals surface area contributed by atoms with E-state index >= 15 is 0 Å². The molecule has 7 nitrogen and oxygen atoms in total. The SMILES string of the molecule is CCCCCCCC=CCCCCCCCCCCCOC[C@H](COC)OP(=O)(O)OCC[N+](C)(C)C. The summed E-state index contributed by atoms with van der Waals surface area (Å²) in [7, 11) is 3.38. The van der Waals surface area contributed by atoms with Crippen molar-refractivity contribution in [3.8, 4) is 0 Å². The minimum atomic E-state index is -4.13. The zero-order chi connectivity index (χ0) is 27.7. The lowest BCUT2D eigenvalue weighted by Gasteiger charge is -2.25. The third-order valence-corrected chi connectivity index (χ3v) is 7.33. The predicted molar refractivity (Wildman–Crippen MR) is 155 cm³/mol. The summed E-state index contributed by atoms with van der Waals surface area (Å²) in [6.45, 7) is 4.03. The Hall–Kier alpha value is -0.270. The van der Waals surface area contributed by atoms with E-state index in [2.05, 4.69) is 19.1 Å². The summed E-state index contributed by atoms with van der Waals surface area (Å²) >= 11 is 0. The summed E-state index contributed by atoms with van der Waals surface area (Å²) in [4.78, 5) is 9.96. The standard InChI is InChI=1S/C29H60NO6P/c1-6-7-8-9-10-11-12-13-14-15-16-17-18-19-20-21-22-23-25-34-28-29(27-33-5)36-37(31,32)35-26-24-30(2,3)4/h12-13,29H,6-11,14-28H2,1-5H3/p+1/t29-/m0/s1. The average molecular weight is 551 g/mol. The number of likely N-dealkylation sites (N-methyl/N-ethyl adjacent to an activating group) is 1. The first-order valence-corrected chi connectivity index (χ1v) is 16.4. The second-order valence-electron chi connectivity index (χ2n) is 11.2. The molecule has 0 aromatic rings. The second-order valence-corrected chi connectivity index (χ2v) is 12.6. The van der Waals surface area contributed by atoms with Crippen LogP contribution in [0.3, 0.4) is 0 Å². The molecule has 0 radical (unpaired) electrons. The van der Waals surface area contributed by atoms with Gasteiger partial charge in [0, 0.05) is 13.7 Å². The Balaban J connectivity index is 3.60. The van der Waals surface area contributed by atoms with E-state index in [1.807, 2.05) is 21.1 Å². The van der Waals surface area contributed by atoms with Crippen LogP contribution in [0, 0.1) is 0 Å². The van der Waals surface area contributed by atoms with Crippen molar-refractivity contribution in [1.82, 2.24) is 0 Å². The van der Waals surface area contributed by atoms with Crippen molar-refractivity contribution in [3.63, 3.8) is 0 Å². The Morgan fingerprint density at radius 1 is 0.757 bits per heavy atom. The molecule has 0 aliphatic rings. The molecule has 0 rings (SSSR count). The quantitative estimate of drug-likeness (QED) is 0.0466. The van der Waals surface area contributed by atoms with Gasteiger partial charge in [0.25, 0.3) is 0 Å². The summed E-state index contributed by atoms with van der Waals surface area (Å²) in [5, 5.41) is 0. The van der Waals surface area contributed by atoms with Gasteiger partial charge in [-0.15, -0.1) is 0 Å². The molecule has 1 N–H and O–H groups in total. The fraction of sp³-hybridized carbons (Fsp3) is 0.931. The summed E-state index contributed by atoms with van der Waals surface area (Å²) < 4.78 is 34.0. The van der Waals surface area contributed by atoms with E-state index in [-0.39, 0.29) is 19.8 Å². The number of unbranched alkanes of at least 4 members (excludes halogenated alkanes) is 14. The van der Waals surface area contributed by atoms with E-state index in [9.17, 15) is 9.46 Å². The Kier molecular flexibility index (Phi) is 24.6. The topological polar surface area (TPSA) is 74.2 Å². The molecule has 0 fully saturated rings. The molecule has 0 bridgehead atoms. The van der Waals surface area contributed by atoms with Crippen molar-refractivity contribution in [2.75, 3.05) is 61.2 Å². The number of rotatable bonds is 28. The molecule has 8 heteroatoms. The van der Waals surface area contributed by atoms with E-state index in [1.54, 1.807) is 0 Å². The monoisotopic (exact) mass is 550 g/mol. The van der Waals surface area contributed by atoms with Crippen LogP contribution in [-0.4, -0.2) is 76.7 Å². The van der Waals surface area contributed by atoms with Gasteiger partial charge in [0.1, 0.15) is 19.3 Å². The molecule has 0 heterocycles. The van der Waals surface area contributed by atoms with Gasteiger partial charge >= 0.3 is 7.82 Å². The molecule has 0 aliphatic heterocycles. The second kappa shape index (κ2) is 24.7. The zero-order valence-corrected chi connectivity index (χ0v) is 25.9. The summed E-state index contributed by atoms with van der Waals surface area (Å²) in [5.41, 5.74) is 0. The van der Waals surface area contributed by atoms with E-state index in [1.165, 1.54) is 97.0 Å². The summed E-state index contributed by atoms with van der Waals surface area (Å²) in [5.74, 6) is 0. The van der Waals surface area contributed by atoms with Crippen LogP contribution in [0.2, 0.25) is 0 Å². The fourth-order valence-electron chi connectivity index (χ4n) is 3.96. The van der Waals surface area contributed by atoms with Crippen LogP contribution in [0.25, 0.3) is 0 Å². The Morgan fingerprint density at radius 2 is 1.27 bits per heavy atom. The van der Waals surface area contributed by atoms with E-state index in [0.29, 0.717) is 17.6 Å². The first-order chi connectivity index (χ1) is 17.7. The molecule has 0 aromatic carbocycles. The van der Waals surface area contributed by atoms with Crippen LogP contribution >= 0.6 is 7.82 Å². The highest BCUT2D eigenvalue weighted by Crippen LogP contribution is 2.44. The lowest BCUT2D eigenvalue weighted by Crippen LogP contribution is -2.37. The zero-order valence-electron chi connectivity index (χ0n) is 25.0. The largest absolute Gasteiger partial charge is 0.472 e. The average Bonchev–Trinajstić information content (AvgIpc) is 2.81. The smallest absolute Gasteiger partial charge is 0.382 e. The van der Waals surface area contributed by atoms with Crippen LogP contribution < -0.4 is 0 Å². The van der Waals surface area contributed by atoms with Crippen LogP contribution in [0.15, 0.2) is 12.2 Å². The lowest BCUT2D eigenvalue weighted by molar-refractivity contribution is -0.870. The van der Waals surface area contributed by atoms with E-state index < -0.39 is 13.9 Å². The maximum Gasteiger partial charge on any atom is 0.472 e. The van der Waals surface area contributed by atoms with Crippen molar-refractivity contribution in [1.29, 1.82) is 0 Å². The van der Waals surface area contributed by atoms with Crippen LogP contribution in [0.1, 0.15) is 110 Å². The number of phosphoric acid groups is 1. The summed E-state index contributed by atoms with van der Waals surface area (Å²) in [6.07, 6.45) is 24.8. The molecule has 0 aromatic heterocycles. The van der Waals surface area contributed by atoms with Crippen molar-refractivity contribution >= 4 is 7.82 Å². The van der Waals surface area contributed by atoms with Gasteiger partial charge in [-0.25, -0.2) is 4.57 Å². The highest BCUT2D eigenvalue weighted by Gasteiger charge is 2.27. The van der Waals surface area contributed by atoms with Gasteiger partial charge in [0.05, 0.1) is 34.4 Å². The van der Waals surface area contributed by atoms with Crippen LogP contribution in [-0.2, 0) is 23.1 Å². The Bertz CT molecular complexity index is 567. The molecule has 0 amide bonds. The summed E-state index contributed by atoms with van der Waals surface area (Å²) in [6, 6.07) is 0. The maximum atomic E-state index is 12.2. The van der Waals surface area contributed by atoms with Crippen LogP contribution in [0.4, 0.5) is 0 Å². The molecule has 1 unspecified atom stereocenters. The van der Waals surface area contributed by atoms with Crippen LogP contribution in [0.5, 0.6) is 0 Å². The highest BCUT2D eigenvalue weighted by molar-refractivity contribution is 7.47. The first kappa shape index (κ1) is 36.7. The molecular weight excluding hydrogens is 489 g/mol. The van der Waals surface area contributed by atoms with E-state index in [4.69, 9.17) is 18.5 Å². The Labute approximate surface area is 229 Å². The lowest BCUT2D eigenvalue weighted by atomic mass is 10.1. The van der Waals surface area contributed by atoms with Gasteiger partial charge in [-0.1, -0.05) is 89.7 Å². The number of hydrogen-bond donors (Lipinski definition) is 1. The van der Waals surface area contributed by atoms with E-state index in [0.717, 1.165) is 12.8 Å². The number of hydrogen-bond acceptors (Lipinski definition) is 5. The third kappa shape index (κ3) is 28.6. The van der Waals surface area contributed by atoms with Crippen molar-refractivity contribution < 1.29 is 32.5 Å². The van der Waals surface area contributed by atoms with Crippen molar-refractivity contribution in [2.24, 2.45) is 0 Å². The Morgan fingerprint density at radius 3 is 1.78 bits per heavy atom. The van der Waals surface area contributed by atoms with Crippen molar-refractivity contribution in [2.45, 2.75) is 116 Å². The maximum absolute atomic E-state index is 12.2. The molecule has 0 aliphatic carbocycles. The van der Waals surface area contributed by atoms with Gasteiger partial charge in [-0.3, -0.25) is 9.05 Å². The number of quaternary nitrogens is 1. The third-order valence-electron chi connectivity index (χ3n) is 6.26. The van der Waals surface area contributed by atoms with Gasteiger partial charge in [0.15, 0.2) is 0 Å². The highest BCUT2D eigenvalue weighted by atomic mass is 31.2. The first-order valence-electron chi connectivity index (χ1n) is 14.9. The number of allylic oxidation sites excluding steroid dienone is 2. The number of phosphoric ester groups is 1. The molecule has 0 saturated carbocycles. The molecule has 37 heavy (non-hydrogen) atoms. The normalized spacial score (nSPS) is 14.9. The van der Waals surface area contributed by atoms with Crippen molar-refractivity contribution in [3.05, 3.63) is 12.2 Å². The van der Waals surface area contributed by atoms with Gasteiger partial charge in [-0.2, -0.15) is 0 Å². The molecule has 222 valence electrons. The van der Waals surface area contributed by atoms with Gasteiger partial charge < -0.3 is 18.9 Å². The molecule has 0 saturated heterocycles. The fourth-order valence-corrected chi connectivity index (χ4v) is 4.84. The number of ether oxygens (including phenoxy) is 2. The molecule has 2 atom stereocenters. The number of nitrogens with zero attached hydrogens (tertiary/aromatic N) is 1. The molecular formula is C29H61NO6P+.